The van der Waals surface area contributed by atoms with E-state index >= 15 is 0 Å². The monoisotopic (exact) mass is 383 g/mol. The van der Waals surface area contributed by atoms with Crippen molar-refractivity contribution in [2.45, 2.75) is 39.3 Å². The second-order valence-electron chi connectivity index (χ2n) is 6.73. The van der Waals surface area contributed by atoms with Crippen LogP contribution in [0.4, 0.5) is 5.69 Å². The van der Waals surface area contributed by atoms with E-state index in [1.807, 2.05) is 0 Å². The molecule has 0 aliphatic heterocycles. The minimum Gasteiger partial charge on any atom is -0.493 e. The fraction of sp³-hybridized carbons (Fsp3) is 0.529. The molecule has 0 fully saturated rings. The zero-order valence-corrected chi connectivity index (χ0v) is 16.5. The van der Waals surface area contributed by atoms with Crippen molar-refractivity contribution >= 4 is 17.5 Å². The molecule has 0 aromatic heterocycles. The maximum atomic E-state index is 12.6. The molecule has 0 heterocycles. The number of carbonyl (C=O) groups excluding carboxylic acids is 2. The third-order valence-electron chi connectivity index (χ3n) is 3.47. The SMILES string of the molecule is COc1cc(C(=O)NC(C)C(=O)NC(C)(C)C)c([N+](=O)[O-])c(OC)c1OC. The van der Waals surface area contributed by atoms with Crippen LogP contribution < -0.4 is 24.8 Å². The number of benzene rings is 1. The van der Waals surface area contributed by atoms with Crippen LogP contribution in [0.3, 0.4) is 0 Å². The summed E-state index contributed by atoms with van der Waals surface area (Å²) in [4.78, 5) is 35.6. The van der Waals surface area contributed by atoms with E-state index in [0.717, 1.165) is 0 Å². The molecule has 0 aliphatic carbocycles. The van der Waals surface area contributed by atoms with Crippen LogP contribution in [0.15, 0.2) is 6.07 Å². The van der Waals surface area contributed by atoms with E-state index in [9.17, 15) is 19.7 Å². The van der Waals surface area contributed by atoms with Gasteiger partial charge in [-0.25, -0.2) is 0 Å². The summed E-state index contributed by atoms with van der Waals surface area (Å²) in [6.07, 6.45) is 0. The largest absolute Gasteiger partial charge is 0.493 e. The summed E-state index contributed by atoms with van der Waals surface area (Å²) in [6.45, 7) is 6.86. The van der Waals surface area contributed by atoms with Gasteiger partial charge in [-0.2, -0.15) is 0 Å². The molecule has 1 unspecified atom stereocenters. The number of hydrogen-bond donors (Lipinski definition) is 2. The Kier molecular flexibility index (Phi) is 6.98. The Balaban J connectivity index is 3.33. The van der Waals surface area contributed by atoms with Gasteiger partial charge in [-0.1, -0.05) is 0 Å². The van der Waals surface area contributed by atoms with Gasteiger partial charge in [0.25, 0.3) is 5.91 Å². The number of nitrogens with zero attached hydrogens (tertiary/aromatic N) is 1. The normalized spacial score (nSPS) is 12.0. The molecule has 27 heavy (non-hydrogen) atoms. The van der Waals surface area contributed by atoms with Crippen molar-refractivity contribution in [2.75, 3.05) is 21.3 Å². The van der Waals surface area contributed by atoms with Crippen LogP contribution in [0.2, 0.25) is 0 Å². The van der Waals surface area contributed by atoms with Gasteiger partial charge < -0.3 is 24.8 Å². The lowest BCUT2D eigenvalue weighted by Crippen LogP contribution is -2.50. The Morgan fingerprint density at radius 3 is 2.07 bits per heavy atom. The number of rotatable bonds is 7. The van der Waals surface area contributed by atoms with Crippen LogP contribution in [0.25, 0.3) is 0 Å². The quantitative estimate of drug-likeness (QED) is 0.541. The number of hydrogen-bond acceptors (Lipinski definition) is 7. The average molecular weight is 383 g/mol. The minimum absolute atomic E-state index is 0.0122. The van der Waals surface area contributed by atoms with Crippen molar-refractivity contribution in [2.24, 2.45) is 0 Å². The third kappa shape index (κ3) is 5.22. The van der Waals surface area contributed by atoms with Crippen molar-refractivity contribution < 1.29 is 28.7 Å². The first-order valence-electron chi connectivity index (χ1n) is 8.07. The first kappa shape index (κ1) is 22.0. The highest BCUT2D eigenvalue weighted by Gasteiger charge is 2.33. The summed E-state index contributed by atoms with van der Waals surface area (Å²) in [6, 6.07) is 0.249. The predicted octanol–water partition coefficient (Wildman–Crippen LogP) is 1.65. The first-order chi connectivity index (χ1) is 12.5. The average Bonchev–Trinajstić information content (AvgIpc) is 2.57. The maximum Gasteiger partial charge on any atom is 0.327 e. The van der Waals surface area contributed by atoms with Crippen molar-refractivity contribution in [1.82, 2.24) is 10.6 Å². The highest BCUT2D eigenvalue weighted by Crippen LogP contribution is 2.46. The Bertz CT molecular complexity index is 741. The van der Waals surface area contributed by atoms with Crippen molar-refractivity contribution in [1.29, 1.82) is 0 Å². The Morgan fingerprint density at radius 2 is 1.67 bits per heavy atom. The van der Waals surface area contributed by atoms with Crippen LogP contribution in [0.5, 0.6) is 17.2 Å². The second-order valence-corrected chi connectivity index (χ2v) is 6.73. The molecule has 0 spiro atoms. The van der Waals surface area contributed by atoms with E-state index in [4.69, 9.17) is 14.2 Å². The van der Waals surface area contributed by atoms with E-state index in [1.165, 1.54) is 34.3 Å². The molecule has 10 heteroatoms. The molecule has 1 atom stereocenters. The number of ether oxygens (including phenoxy) is 3. The highest BCUT2D eigenvalue weighted by atomic mass is 16.6. The Labute approximate surface area is 157 Å². The summed E-state index contributed by atoms with van der Waals surface area (Å²) in [5.74, 6) is -1.43. The molecule has 10 nitrogen and oxygen atoms in total. The fourth-order valence-electron chi connectivity index (χ4n) is 2.31. The van der Waals surface area contributed by atoms with Gasteiger partial charge in [-0.3, -0.25) is 19.7 Å². The molecule has 0 aliphatic rings. The van der Waals surface area contributed by atoms with E-state index in [1.54, 1.807) is 20.8 Å². The van der Waals surface area contributed by atoms with Gasteiger partial charge >= 0.3 is 5.69 Å². The lowest BCUT2D eigenvalue weighted by Gasteiger charge is -2.23. The van der Waals surface area contributed by atoms with Crippen LogP contribution in [-0.2, 0) is 4.79 Å². The molecule has 1 aromatic rings. The highest BCUT2D eigenvalue weighted by molar-refractivity contribution is 6.02. The molecule has 1 rings (SSSR count). The topological polar surface area (TPSA) is 129 Å². The summed E-state index contributed by atoms with van der Waals surface area (Å²) in [7, 11) is 3.83. The summed E-state index contributed by atoms with van der Waals surface area (Å²) in [5, 5.41) is 16.7. The maximum absolute atomic E-state index is 12.6. The number of nitro benzene ring substituents is 1. The Hall–Kier alpha value is -3.04. The lowest BCUT2D eigenvalue weighted by molar-refractivity contribution is -0.386. The fourth-order valence-corrected chi connectivity index (χ4v) is 2.31. The molecule has 0 saturated heterocycles. The summed E-state index contributed by atoms with van der Waals surface area (Å²) >= 11 is 0. The summed E-state index contributed by atoms with van der Waals surface area (Å²) in [5.41, 5.74) is -1.39. The van der Waals surface area contributed by atoms with E-state index in [-0.39, 0.29) is 22.8 Å². The van der Waals surface area contributed by atoms with Crippen molar-refractivity contribution in [3.63, 3.8) is 0 Å². The van der Waals surface area contributed by atoms with Crippen LogP contribution in [0, 0.1) is 10.1 Å². The van der Waals surface area contributed by atoms with E-state index in [2.05, 4.69) is 10.6 Å². The molecule has 1 aromatic carbocycles. The zero-order chi connectivity index (χ0) is 20.9. The third-order valence-corrected chi connectivity index (χ3v) is 3.47. The number of methoxy groups -OCH3 is 3. The predicted molar refractivity (Wildman–Crippen MR) is 97.6 cm³/mol. The number of nitro groups is 1. The second kappa shape index (κ2) is 8.56. The number of amides is 2. The first-order valence-corrected chi connectivity index (χ1v) is 8.07. The van der Waals surface area contributed by atoms with Crippen molar-refractivity contribution in [3.8, 4) is 17.2 Å². The zero-order valence-electron chi connectivity index (χ0n) is 16.5. The number of nitrogens with one attached hydrogen (secondary N) is 2. The van der Waals surface area contributed by atoms with Crippen molar-refractivity contribution in [3.05, 3.63) is 21.7 Å². The lowest BCUT2D eigenvalue weighted by atomic mass is 10.1. The van der Waals surface area contributed by atoms with E-state index in [0.29, 0.717) is 0 Å². The summed E-state index contributed by atoms with van der Waals surface area (Å²) < 4.78 is 15.3. The van der Waals surface area contributed by atoms with Gasteiger partial charge in [0.2, 0.25) is 17.4 Å². The van der Waals surface area contributed by atoms with E-state index < -0.39 is 34.0 Å². The number of carbonyl (C=O) groups is 2. The van der Waals surface area contributed by atoms with Gasteiger partial charge in [0.15, 0.2) is 5.75 Å². The minimum atomic E-state index is -0.921. The molecular formula is C17H25N3O7. The molecule has 0 bridgehead atoms. The Morgan fingerprint density at radius 1 is 1.11 bits per heavy atom. The van der Waals surface area contributed by atoms with Crippen LogP contribution in [0.1, 0.15) is 38.1 Å². The molecule has 150 valence electrons. The molecular weight excluding hydrogens is 358 g/mol. The van der Waals surface area contributed by atoms with Gasteiger partial charge in [0.05, 0.1) is 26.3 Å². The van der Waals surface area contributed by atoms with Gasteiger partial charge in [-0.15, -0.1) is 0 Å². The molecule has 0 saturated carbocycles. The molecule has 0 radical (unpaired) electrons. The standard InChI is InChI=1S/C17H25N3O7/c1-9(15(21)19-17(2,3)4)18-16(22)10-8-11(25-5)13(26-6)14(27-7)12(10)20(23)24/h8-9H,1-7H3,(H,18,22)(H,19,21). The van der Waals surface area contributed by atoms with Crippen LogP contribution >= 0.6 is 0 Å². The smallest absolute Gasteiger partial charge is 0.327 e. The van der Waals surface area contributed by atoms with Gasteiger partial charge in [-0.05, 0) is 27.7 Å². The van der Waals surface area contributed by atoms with Crippen LogP contribution in [-0.4, -0.2) is 49.6 Å². The molecule has 2 N–H and O–H groups in total. The van der Waals surface area contributed by atoms with Gasteiger partial charge in [0.1, 0.15) is 11.6 Å². The molecule has 2 amide bonds. The van der Waals surface area contributed by atoms with Gasteiger partial charge in [0, 0.05) is 11.6 Å².